The van der Waals surface area contributed by atoms with E-state index < -0.39 is 12.1 Å². The number of carbonyl (C=O) groups excluding carboxylic acids is 3. The fraction of sp³-hybridized carbons (Fsp3) is 0.292. The van der Waals surface area contributed by atoms with Crippen LogP contribution in [0.2, 0.25) is 0 Å². The highest BCUT2D eigenvalue weighted by Crippen LogP contribution is 2.15. The molecule has 0 bridgehead atoms. The fourth-order valence-corrected chi connectivity index (χ4v) is 2.51. The third-order valence-electron chi connectivity index (χ3n) is 4.23. The van der Waals surface area contributed by atoms with Gasteiger partial charge in [-0.3, -0.25) is 9.59 Å². The zero-order valence-corrected chi connectivity index (χ0v) is 17.7. The zero-order valence-electron chi connectivity index (χ0n) is 17.7. The van der Waals surface area contributed by atoms with Gasteiger partial charge in [-0.2, -0.15) is 0 Å². The Morgan fingerprint density at radius 2 is 1.60 bits per heavy atom. The average Bonchev–Trinajstić information content (AvgIpc) is 2.73. The Kier molecular flexibility index (Phi) is 8.35. The van der Waals surface area contributed by atoms with Gasteiger partial charge in [0.05, 0.1) is 6.61 Å². The maximum atomic E-state index is 12.5. The molecule has 158 valence electrons. The summed E-state index contributed by atoms with van der Waals surface area (Å²) in [6, 6.07) is 13.8. The molecule has 30 heavy (non-hydrogen) atoms. The van der Waals surface area contributed by atoms with Crippen LogP contribution in [0.25, 0.3) is 6.08 Å². The van der Waals surface area contributed by atoms with Gasteiger partial charge in [-0.05, 0) is 61.9 Å². The third-order valence-corrected chi connectivity index (χ3v) is 4.23. The summed E-state index contributed by atoms with van der Waals surface area (Å²) in [5.41, 5.74) is 1.81. The van der Waals surface area contributed by atoms with E-state index in [1.165, 1.54) is 13.0 Å². The highest BCUT2D eigenvalue weighted by atomic mass is 16.5. The molecule has 1 atom stereocenters. The molecular formula is C24H27NO5. The first-order valence-corrected chi connectivity index (χ1v) is 9.86. The largest absolute Gasteiger partial charge is 0.494 e. The van der Waals surface area contributed by atoms with Gasteiger partial charge in [0.2, 0.25) is 11.7 Å². The summed E-state index contributed by atoms with van der Waals surface area (Å²) >= 11 is 0. The van der Waals surface area contributed by atoms with Crippen LogP contribution in [0.15, 0.2) is 54.6 Å². The summed E-state index contributed by atoms with van der Waals surface area (Å²) in [7, 11) is 0. The number of Topliss-reactive ketones (excluding diaryl/α,β-unsaturated/α-hetero) is 1. The van der Waals surface area contributed by atoms with E-state index >= 15 is 0 Å². The molecule has 0 heterocycles. The lowest BCUT2D eigenvalue weighted by molar-refractivity contribution is -0.140. The second-order valence-electron chi connectivity index (χ2n) is 7.00. The molecule has 0 aliphatic heterocycles. The molecule has 2 aromatic carbocycles. The molecule has 0 fully saturated rings. The molecular weight excluding hydrogens is 382 g/mol. The van der Waals surface area contributed by atoms with Gasteiger partial charge in [0.1, 0.15) is 5.75 Å². The standard InChI is InChI=1S/C24H27NO5/c1-5-29-21-13-6-18(7-14-21)8-15-22(26)30-17(4)23(27)19-9-11-20(12-10-19)25-24(28)16(2)3/h6-17H,5H2,1-4H3,(H,25,28)/b15-8+/t17-/m1/s1. The Balaban J connectivity index is 1.91. The van der Waals surface area contributed by atoms with Gasteiger partial charge in [-0.25, -0.2) is 4.79 Å². The number of esters is 1. The first-order valence-electron chi connectivity index (χ1n) is 9.86. The predicted molar refractivity (Wildman–Crippen MR) is 116 cm³/mol. The number of nitrogens with one attached hydrogen (secondary N) is 1. The molecule has 0 spiro atoms. The van der Waals surface area contributed by atoms with Crippen molar-refractivity contribution in [3.8, 4) is 5.75 Å². The lowest BCUT2D eigenvalue weighted by Crippen LogP contribution is -2.23. The first-order chi connectivity index (χ1) is 14.3. The second-order valence-corrected chi connectivity index (χ2v) is 7.00. The van der Waals surface area contributed by atoms with E-state index in [0.717, 1.165) is 11.3 Å². The van der Waals surface area contributed by atoms with E-state index in [-0.39, 0.29) is 17.6 Å². The van der Waals surface area contributed by atoms with Crippen LogP contribution in [0.4, 0.5) is 5.69 Å². The molecule has 0 aliphatic carbocycles. The Morgan fingerprint density at radius 1 is 0.967 bits per heavy atom. The molecule has 0 radical (unpaired) electrons. The average molecular weight is 409 g/mol. The molecule has 0 aliphatic rings. The Hall–Kier alpha value is -3.41. The lowest BCUT2D eigenvalue weighted by Gasteiger charge is -2.12. The second kappa shape index (κ2) is 11.0. The van der Waals surface area contributed by atoms with Gasteiger partial charge in [-0.15, -0.1) is 0 Å². The van der Waals surface area contributed by atoms with Crippen molar-refractivity contribution < 1.29 is 23.9 Å². The van der Waals surface area contributed by atoms with Crippen LogP contribution in [-0.4, -0.2) is 30.4 Å². The van der Waals surface area contributed by atoms with Crippen molar-refractivity contribution >= 4 is 29.4 Å². The van der Waals surface area contributed by atoms with Crippen LogP contribution in [0, 0.1) is 5.92 Å². The van der Waals surface area contributed by atoms with Gasteiger partial charge >= 0.3 is 5.97 Å². The van der Waals surface area contributed by atoms with Crippen molar-refractivity contribution in [3.05, 3.63) is 65.7 Å². The minimum absolute atomic E-state index is 0.101. The number of benzene rings is 2. The number of anilines is 1. The summed E-state index contributed by atoms with van der Waals surface area (Å²) in [6.07, 6.45) is 1.96. The van der Waals surface area contributed by atoms with E-state index in [0.29, 0.717) is 17.9 Å². The van der Waals surface area contributed by atoms with Crippen molar-refractivity contribution in [1.82, 2.24) is 0 Å². The highest BCUT2D eigenvalue weighted by Gasteiger charge is 2.18. The maximum Gasteiger partial charge on any atom is 0.331 e. The Morgan fingerprint density at radius 3 is 2.17 bits per heavy atom. The Labute approximate surface area is 176 Å². The number of carbonyl (C=O) groups is 3. The number of ketones is 1. The maximum absolute atomic E-state index is 12.5. The summed E-state index contributed by atoms with van der Waals surface area (Å²) in [5.74, 6) is -0.409. The molecule has 6 nitrogen and oxygen atoms in total. The topological polar surface area (TPSA) is 81.7 Å². The molecule has 2 rings (SSSR count). The van der Waals surface area contributed by atoms with Gasteiger partial charge < -0.3 is 14.8 Å². The number of rotatable bonds is 9. The van der Waals surface area contributed by atoms with Crippen LogP contribution >= 0.6 is 0 Å². The van der Waals surface area contributed by atoms with Crippen molar-refractivity contribution in [2.75, 3.05) is 11.9 Å². The SMILES string of the molecule is CCOc1ccc(/C=C/C(=O)O[C@H](C)C(=O)c2ccc(NC(=O)C(C)C)cc2)cc1. The van der Waals surface area contributed by atoms with Crippen LogP contribution in [0.5, 0.6) is 5.75 Å². The van der Waals surface area contributed by atoms with E-state index in [2.05, 4.69) is 5.32 Å². The van der Waals surface area contributed by atoms with Crippen molar-refractivity contribution in [1.29, 1.82) is 0 Å². The van der Waals surface area contributed by atoms with E-state index in [4.69, 9.17) is 9.47 Å². The van der Waals surface area contributed by atoms with Gasteiger partial charge in [0.25, 0.3) is 0 Å². The van der Waals surface area contributed by atoms with Crippen LogP contribution in [0.1, 0.15) is 43.6 Å². The van der Waals surface area contributed by atoms with Gasteiger partial charge in [-0.1, -0.05) is 26.0 Å². The van der Waals surface area contributed by atoms with Crippen LogP contribution in [-0.2, 0) is 14.3 Å². The number of hydrogen-bond donors (Lipinski definition) is 1. The van der Waals surface area contributed by atoms with Crippen LogP contribution in [0.3, 0.4) is 0 Å². The Bertz CT molecular complexity index is 898. The molecule has 6 heteroatoms. The summed E-state index contributed by atoms with van der Waals surface area (Å²) in [5, 5.41) is 2.76. The predicted octanol–water partition coefficient (Wildman–Crippen LogP) is 4.51. The van der Waals surface area contributed by atoms with E-state index in [9.17, 15) is 14.4 Å². The van der Waals surface area contributed by atoms with Crippen molar-refractivity contribution in [2.24, 2.45) is 5.92 Å². The summed E-state index contributed by atoms with van der Waals surface area (Å²) in [6.45, 7) is 7.62. The minimum Gasteiger partial charge on any atom is -0.494 e. The first kappa shape index (κ1) is 22.9. The number of amides is 1. The molecule has 2 aromatic rings. The zero-order chi connectivity index (χ0) is 22.1. The summed E-state index contributed by atoms with van der Waals surface area (Å²) in [4.78, 5) is 36.3. The summed E-state index contributed by atoms with van der Waals surface area (Å²) < 4.78 is 10.6. The van der Waals surface area contributed by atoms with Crippen molar-refractivity contribution in [2.45, 2.75) is 33.8 Å². The molecule has 1 N–H and O–H groups in total. The molecule has 1 amide bonds. The van der Waals surface area contributed by atoms with Gasteiger partial charge in [0.15, 0.2) is 6.10 Å². The highest BCUT2D eigenvalue weighted by molar-refractivity contribution is 6.01. The monoisotopic (exact) mass is 409 g/mol. The number of ether oxygens (including phenoxy) is 2. The smallest absolute Gasteiger partial charge is 0.331 e. The number of hydrogen-bond acceptors (Lipinski definition) is 5. The third kappa shape index (κ3) is 6.88. The van der Waals surface area contributed by atoms with E-state index in [1.807, 2.05) is 31.2 Å². The normalized spacial score (nSPS) is 11.9. The lowest BCUT2D eigenvalue weighted by atomic mass is 10.1. The molecule has 0 aromatic heterocycles. The minimum atomic E-state index is -0.932. The quantitative estimate of drug-likeness (QED) is 0.374. The molecule has 0 saturated carbocycles. The fourth-order valence-electron chi connectivity index (χ4n) is 2.51. The van der Waals surface area contributed by atoms with E-state index in [1.54, 1.807) is 44.2 Å². The molecule has 0 saturated heterocycles. The van der Waals surface area contributed by atoms with Crippen LogP contribution < -0.4 is 10.1 Å². The van der Waals surface area contributed by atoms with Crippen molar-refractivity contribution in [3.63, 3.8) is 0 Å². The van der Waals surface area contributed by atoms with Gasteiger partial charge in [0, 0.05) is 23.2 Å². The molecule has 0 unspecified atom stereocenters.